The van der Waals surface area contributed by atoms with Crippen molar-refractivity contribution < 1.29 is 9.66 Å². The zero-order chi connectivity index (χ0) is 9.84. The monoisotopic (exact) mass is 180 g/mol. The summed E-state index contributed by atoms with van der Waals surface area (Å²) in [6.45, 7) is 4.98. The third-order valence-electron chi connectivity index (χ3n) is 1.36. The summed E-state index contributed by atoms with van der Waals surface area (Å²) in [6.07, 6.45) is 1.12. The lowest BCUT2D eigenvalue weighted by Crippen LogP contribution is -1.97. The number of nitrogens with zero attached hydrogens (tertiary/aromatic N) is 2. The molecular formula is C8H8N2O3. The largest absolute Gasteiger partial charge is 0.457 e. The minimum Gasteiger partial charge on any atom is -0.457 e. The lowest BCUT2D eigenvalue weighted by Gasteiger charge is -2.00. The van der Waals surface area contributed by atoms with Crippen LogP contribution in [0.3, 0.4) is 0 Å². The van der Waals surface area contributed by atoms with E-state index in [9.17, 15) is 10.1 Å². The molecule has 5 nitrogen and oxygen atoms in total. The second-order valence-corrected chi connectivity index (χ2v) is 2.32. The van der Waals surface area contributed by atoms with E-state index in [1.54, 1.807) is 13.0 Å². The number of aryl methyl sites for hydroxylation is 1. The third kappa shape index (κ3) is 2.02. The Hall–Kier alpha value is -1.91. The van der Waals surface area contributed by atoms with Gasteiger partial charge in [-0.3, -0.25) is 0 Å². The zero-order valence-electron chi connectivity index (χ0n) is 7.06. The number of hydrogen-bond donors (Lipinski definition) is 0. The Labute approximate surface area is 74.8 Å². The number of rotatable bonds is 3. The fourth-order valence-electron chi connectivity index (χ4n) is 0.843. The second-order valence-electron chi connectivity index (χ2n) is 2.32. The third-order valence-corrected chi connectivity index (χ3v) is 1.36. The maximum atomic E-state index is 10.5. The van der Waals surface area contributed by atoms with Gasteiger partial charge in [-0.2, -0.15) is 0 Å². The molecule has 0 aliphatic rings. The predicted octanol–water partition coefficient (Wildman–Crippen LogP) is 1.82. The number of pyridine rings is 1. The van der Waals surface area contributed by atoms with Crippen LogP contribution in [-0.4, -0.2) is 9.91 Å². The maximum Gasteiger partial charge on any atom is 0.407 e. The van der Waals surface area contributed by atoms with Gasteiger partial charge in [-0.15, -0.1) is 0 Å². The average Bonchev–Trinajstić information content (AvgIpc) is 2.08. The first-order valence-electron chi connectivity index (χ1n) is 3.54. The van der Waals surface area contributed by atoms with Gasteiger partial charge in [0.15, 0.2) is 0 Å². The zero-order valence-corrected chi connectivity index (χ0v) is 7.06. The summed E-state index contributed by atoms with van der Waals surface area (Å²) in [5, 5.41) is 10.5. The van der Waals surface area contributed by atoms with Gasteiger partial charge in [0.25, 0.3) is 0 Å². The summed E-state index contributed by atoms with van der Waals surface area (Å²) in [6, 6.07) is 3.12. The predicted molar refractivity (Wildman–Crippen MR) is 46.5 cm³/mol. The lowest BCUT2D eigenvalue weighted by molar-refractivity contribution is -0.390. The van der Waals surface area contributed by atoms with Gasteiger partial charge in [0, 0.05) is 6.92 Å². The van der Waals surface area contributed by atoms with Gasteiger partial charge in [0.05, 0.1) is 6.26 Å². The maximum absolute atomic E-state index is 10.5. The van der Waals surface area contributed by atoms with Gasteiger partial charge in [-0.05, 0) is 22.0 Å². The minimum absolute atomic E-state index is 0.102. The van der Waals surface area contributed by atoms with Crippen LogP contribution >= 0.6 is 0 Å². The van der Waals surface area contributed by atoms with E-state index < -0.39 is 4.92 Å². The Morgan fingerprint density at radius 3 is 2.92 bits per heavy atom. The quantitative estimate of drug-likeness (QED) is 0.404. The molecule has 0 saturated heterocycles. The number of aromatic nitrogens is 1. The van der Waals surface area contributed by atoms with Crippen LogP contribution in [0, 0.1) is 17.0 Å². The fourth-order valence-corrected chi connectivity index (χ4v) is 0.843. The minimum atomic E-state index is -0.591. The molecule has 0 saturated carbocycles. The molecule has 0 bridgehead atoms. The summed E-state index contributed by atoms with van der Waals surface area (Å²) in [7, 11) is 0. The first-order chi connectivity index (χ1) is 6.15. The molecule has 0 unspecified atom stereocenters. The van der Waals surface area contributed by atoms with Crippen LogP contribution in [0.4, 0.5) is 5.82 Å². The van der Waals surface area contributed by atoms with Crippen molar-refractivity contribution >= 4 is 5.82 Å². The molecule has 0 aromatic carbocycles. The van der Waals surface area contributed by atoms with E-state index in [0.717, 1.165) is 6.26 Å². The molecule has 0 spiro atoms. The van der Waals surface area contributed by atoms with E-state index in [0.29, 0.717) is 5.69 Å². The van der Waals surface area contributed by atoms with Crippen LogP contribution in [0.2, 0.25) is 0 Å². The molecule has 0 amide bonds. The van der Waals surface area contributed by atoms with Gasteiger partial charge in [0.1, 0.15) is 5.69 Å². The molecular weight excluding hydrogens is 172 g/mol. The van der Waals surface area contributed by atoms with Gasteiger partial charge < -0.3 is 14.9 Å². The van der Waals surface area contributed by atoms with Gasteiger partial charge >= 0.3 is 5.82 Å². The molecule has 0 atom stereocenters. The Kier molecular flexibility index (Phi) is 2.59. The summed E-state index contributed by atoms with van der Waals surface area (Å²) in [4.78, 5) is 13.6. The molecule has 5 heteroatoms. The Morgan fingerprint density at radius 1 is 1.69 bits per heavy atom. The van der Waals surface area contributed by atoms with Gasteiger partial charge in [-0.25, -0.2) is 0 Å². The molecule has 0 aliphatic carbocycles. The van der Waals surface area contributed by atoms with Crippen molar-refractivity contribution in [3.63, 3.8) is 0 Å². The fraction of sp³-hybridized carbons (Fsp3) is 0.125. The van der Waals surface area contributed by atoms with Crippen LogP contribution in [0.1, 0.15) is 5.69 Å². The van der Waals surface area contributed by atoms with Crippen LogP contribution in [0.25, 0.3) is 0 Å². The average molecular weight is 180 g/mol. The molecule has 0 N–H and O–H groups in total. The Bertz CT molecular complexity index is 349. The molecule has 68 valence electrons. The molecule has 1 aromatic rings. The van der Waals surface area contributed by atoms with Crippen molar-refractivity contribution in [2.24, 2.45) is 0 Å². The SMILES string of the molecule is C=COc1ccc(C)nc1[N+](=O)[O-]. The Balaban J connectivity index is 3.17. The van der Waals surface area contributed by atoms with Crippen molar-refractivity contribution in [3.05, 3.63) is 40.8 Å². The highest BCUT2D eigenvalue weighted by Crippen LogP contribution is 2.24. The summed E-state index contributed by atoms with van der Waals surface area (Å²) >= 11 is 0. The number of hydrogen-bond acceptors (Lipinski definition) is 4. The Morgan fingerprint density at radius 2 is 2.38 bits per heavy atom. The van der Waals surface area contributed by atoms with Crippen molar-refractivity contribution in [1.82, 2.24) is 4.98 Å². The van der Waals surface area contributed by atoms with Crippen molar-refractivity contribution in [1.29, 1.82) is 0 Å². The molecule has 0 radical (unpaired) electrons. The molecule has 1 heterocycles. The smallest absolute Gasteiger partial charge is 0.407 e. The second kappa shape index (κ2) is 3.66. The number of ether oxygens (including phenoxy) is 1. The first kappa shape index (κ1) is 9.18. The van der Waals surface area contributed by atoms with E-state index in [-0.39, 0.29) is 11.6 Å². The molecule has 0 fully saturated rings. The standard InChI is InChI=1S/C8H8N2O3/c1-3-13-7-5-4-6(2)9-8(7)10(11)12/h3-5H,1H2,2H3. The highest BCUT2D eigenvalue weighted by atomic mass is 16.6. The van der Waals surface area contributed by atoms with E-state index >= 15 is 0 Å². The van der Waals surface area contributed by atoms with Crippen LogP contribution in [0.15, 0.2) is 25.0 Å². The van der Waals surface area contributed by atoms with Crippen molar-refractivity contribution in [3.8, 4) is 5.75 Å². The molecule has 0 aliphatic heterocycles. The first-order valence-corrected chi connectivity index (χ1v) is 3.54. The molecule has 1 rings (SSSR count). The normalized spacial score (nSPS) is 9.31. The van der Waals surface area contributed by atoms with Crippen LogP contribution in [0.5, 0.6) is 5.75 Å². The molecule has 1 aromatic heterocycles. The van der Waals surface area contributed by atoms with Gasteiger partial charge in [-0.1, -0.05) is 6.58 Å². The van der Waals surface area contributed by atoms with E-state index in [1.807, 2.05) is 0 Å². The highest BCUT2D eigenvalue weighted by Gasteiger charge is 2.16. The van der Waals surface area contributed by atoms with Crippen molar-refractivity contribution in [2.45, 2.75) is 6.92 Å². The molecule has 13 heavy (non-hydrogen) atoms. The number of nitro groups is 1. The topological polar surface area (TPSA) is 65.3 Å². The van der Waals surface area contributed by atoms with E-state index in [2.05, 4.69) is 11.6 Å². The van der Waals surface area contributed by atoms with E-state index in [1.165, 1.54) is 6.07 Å². The van der Waals surface area contributed by atoms with E-state index in [4.69, 9.17) is 4.74 Å². The summed E-state index contributed by atoms with van der Waals surface area (Å²) in [5.74, 6) is -0.189. The summed E-state index contributed by atoms with van der Waals surface area (Å²) < 4.78 is 4.81. The lowest BCUT2D eigenvalue weighted by atomic mass is 10.3. The van der Waals surface area contributed by atoms with Gasteiger partial charge in [0.2, 0.25) is 5.75 Å². The van der Waals surface area contributed by atoms with Crippen LogP contribution < -0.4 is 4.74 Å². The summed E-state index contributed by atoms with van der Waals surface area (Å²) in [5.41, 5.74) is 0.572. The van der Waals surface area contributed by atoms with Crippen molar-refractivity contribution in [2.75, 3.05) is 0 Å². The van der Waals surface area contributed by atoms with Crippen LogP contribution in [-0.2, 0) is 0 Å². The highest BCUT2D eigenvalue weighted by molar-refractivity contribution is 5.40.